The van der Waals surface area contributed by atoms with Crippen molar-refractivity contribution in [1.29, 1.82) is 0 Å². The largest absolute Gasteiger partial charge is 0.478 e. The Morgan fingerprint density at radius 3 is 2.70 bits per heavy atom. The monoisotopic (exact) mass is 312 g/mol. The summed E-state index contributed by atoms with van der Waals surface area (Å²) in [6, 6.07) is 1.54. The van der Waals surface area contributed by atoms with Gasteiger partial charge in [0.2, 0.25) is 0 Å². The molecule has 0 saturated carbocycles. The van der Waals surface area contributed by atoms with Crippen LogP contribution in [0.3, 0.4) is 0 Å². The van der Waals surface area contributed by atoms with Gasteiger partial charge in [-0.15, -0.1) is 0 Å². The molecule has 23 heavy (non-hydrogen) atoms. The van der Waals surface area contributed by atoms with Crippen LogP contribution in [0.5, 0.6) is 0 Å². The number of carbonyl (C=O) groups is 1. The minimum atomic E-state index is -1.000. The fourth-order valence-corrected chi connectivity index (χ4v) is 2.43. The Kier molecular flexibility index (Phi) is 3.65. The van der Waals surface area contributed by atoms with Crippen molar-refractivity contribution in [2.75, 3.05) is 0 Å². The van der Waals surface area contributed by atoms with E-state index in [-0.39, 0.29) is 5.56 Å². The van der Waals surface area contributed by atoms with Crippen LogP contribution in [0.25, 0.3) is 23.2 Å². The molecular weight excluding hydrogens is 296 g/mol. The highest BCUT2D eigenvalue weighted by Gasteiger charge is 2.17. The van der Waals surface area contributed by atoms with Crippen LogP contribution in [0.2, 0.25) is 0 Å². The zero-order valence-corrected chi connectivity index (χ0v) is 13.1. The molecule has 0 aromatic carbocycles. The Morgan fingerprint density at radius 1 is 1.30 bits per heavy atom. The van der Waals surface area contributed by atoms with E-state index in [4.69, 9.17) is 0 Å². The maximum Gasteiger partial charge on any atom is 0.336 e. The number of aromatic carboxylic acids is 1. The van der Waals surface area contributed by atoms with Gasteiger partial charge in [-0.2, -0.15) is 20.1 Å². The highest BCUT2D eigenvalue weighted by atomic mass is 16.4. The fraction of sp³-hybridized carbons (Fsp3) is 0.267. The lowest BCUT2D eigenvalue weighted by Crippen LogP contribution is -2.01. The van der Waals surface area contributed by atoms with E-state index in [0.717, 1.165) is 0 Å². The molecule has 0 saturated heterocycles. The van der Waals surface area contributed by atoms with E-state index < -0.39 is 5.97 Å². The molecule has 8 nitrogen and oxygen atoms in total. The molecule has 0 atom stereocenters. The van der Waals surface area contributed by atoms with E-state index in [2.05, 4.69) is 20.3 Å². The highest BCUT2D eigenvalue weighted by Crippen LogP contribution is 2.22. The topological polar surface area (TPSA) is 98.7 Å². The van der Waals surface area contributed by atoms with E-state index >= 15 is 0 Å². The number of hydrogen-bond acceptors (Lipinski definition) is 5. The van der Waals surface area contributed by atoms with E-state index in [9.17, 15) is 9.90 Å². The molecule has 3 rings (SSSR count). The van der Waals surface area contributed by atoms with Gasteiger partial charge < -0.3 is 5.11 Å². The third kappa shape index (κ3) is 2.70. The normalized spacial score (nSPS) is 11.6. The number of aromatic nitrogens is 6. The summed E-state index contributed by atoms with van der Waals surface area (Å²) in [7, 11) is 1.74. The van der Waals surface area contributed by atoms with Gasteiger partial charge in [0.25, 0.3) is 0 Å². The van der Waals surface area contributed by atoms with Gasteiger partial charge in [-0.3, -0.25) is 4.68 Å². The molecule has 0 aliphatic heterocycles. The molecule has 0 fully saturated rings. The van der Waals surface area contributed by atoms with Gasteiger partial charge in [0.05, 0.1) is 35.1 Å². The summed E-state index contributed by atoms with van der Waals surface area (Å²) in [4.78, 5) is 17.6. The second-order valence-electron chi connectivity index (χ2n) is 5.10. The number of carboxylic acid groups (broad SMARTS) is 1. The molecule has 8 heteroatoms. The maximum atomic E-state index is 11.5. The summed E-state index contributed by atoms with van der Waals surface area (Å²) in [6.07, 6.45) is 5.12. The first-order valence-electron chi connectivity index (χ1n) is 7.15. The number of pyridine rings is 1. The van der Waals surface area contributed by atoms with Crippen LogP contribution < -0.4 is 0 Å². The summed E-state index contributed by atoms with van der Waals surface area (Å²) in [5, 5.41) is 22.6. The Hall–Kier alpha value is -3.03. The van der Waals surface area contributed by atoms with Crippen LogP contribution in [0.4, 0.5) is 0 Å². The molecule has 0 unspecified atom stereocenters. The van der Waals surface area contributed by atoms with Crippen molar-refractivity contribution in [3.63, 3.8) is 0 Å². The van der Waals surface area contributed by atoms with Crippen molar-refractivity contribution in [2.24, 2.45) is 7.05 Å². The number of hydrogen-bond donors (Lipinski definition) is 1. The lowest BCUT2D eigenvalue weighted by Gasteiger charge is -2.01. The van der Waals surface area contributed by atoms with Crippen molar-refractivity contribution in [1.82, 2.24) is 29.8 Å². The zero-order chi connectivity index (χ0) is 16.6. The molecule has 0 radical (unpaired) electrons. The molecule has 0 spiro atoms. The molecule has 3 aromatic heterocycles. The van der Waals surface area contributed by atoms with Crippen LogP contribution in [-0.2, 0) is 13.6 Å². The number of rotatable bonds is 4. The van der Waals surface area contributed by atoms with Crippen LogP contribution in [0.1, 0.15) is 34.4 Å². The first-order chi connectivity index (χ1) is 11.0. The molecule has 0 aliphatic rings. The van der Waals surface area contributed by atoms with Gasteiger partial charge in [0.15, 0.2) is 5.65 Å². The van der Waals surface area contributed by atoms with E-state index in [1.165, 1.54) is 0 Å². The number of fused-ring (bicyclic) bond motifs is 1. The molecule has 0 amide bonds. The average Bonchev–Trinajstić information content (AvgIpc) is 3.09. The van der Waals surface area contributed by atoms with Crippen LogP contribution in [0.15, 0.2) is 12.3 Å². The first kappa shape index (κ1) is 14.9. The van der Waals surface area contributed by atoms with Crippen molar-refractivity contribution < 1.29 is 9.90 Å². The van der Waals surface area contributed by atoms with Crippen molar-refractivity contribution >= 4 is 29.2 Å². The van der Waals surface area contributed by atoms with Crippen LogP contribution >= 0.6 is 0 Å². The number of nitrogens with zero attached hydrogens (tertiary/aromatic N) is 6. The zero-order valence-electron chi connectivity index (χ0n) is 13.1. The summed E-state index contributed by atoms with van der Waals surface area (Å²) in [6.45, 7) is 4.41. The minimum Gasteiger partial charge on any atom is -0.478 e. The first-order valence-corrected chi connectivity index (χ1v) is 7.15. The van der Waals surface area contributed by atoms with Gasteiger partial charge in [-0.25, -0.2) is 9.78 Å². The molecular formula is C15H16N6O2. The fourth-order valence-electron chi connectivity index (χ4n) is 2.43. The highest BCUT2D eigenvalue weighted by molar-refractivity contribution is 6.03. The number of carboxylic acids is 1. The Morgan fingerprint density at radius 2 is 2.04 bits per heavy atom. The summed E-state index contributed by atoms with van der Waals surface area (Å²) in [5.41, 5.74) is 2.60. The van der Waals surface area contributed by atoms with Crippen molar-refractivity contribution in [2.45, 2.75) is 20.4 Å². The average molecular weight is 312 g/mol. The van der Waals surface area contributed by atoms with Crippen molar-refractivity contribution in [3.8, 4) is 0 Å². The second kappa shape index (κ2) is 5.64. The van der Waals surface area contributed by atoms with E-state index in [1.54, 1.807) is 47.9 Å². The van der Waals surface area contributed by atoms with Gasteiger partial charge >= 0.3 is 5.97 Å². The van der Waals surface area contributed by atoms with Gasteiger partial charge in [0.1, 0.15) is 5.69 Å². The quantitative estimate of drug-likeness (QED) is 0.788. The van der Waals surface area contributed by atoms with Crippen LogP contribution in [-0.4, -0.2) is 40.8 Å². The van der Waals surface area contributed by atoms with Crippen LogP contribution in [0, 0.1) is 6.92 Å². The SMILES string of the molecule is CCn1ncc(C=Cc2cc(C(=O)O)c3c(C)nn(C)c3n2)n1. The predicted octanol–water partition coefficient (Wildman–Crippen LogP) is 1.76. The predicted molar refractivity (Wildman–Crippen MR) is 84.8 cm³/mol. The summed E-state index contributed by atoms with van der Waals surface area (Å²) < 4.78 is 1.59. The molecule has 3 aromatic rings. The Bertz CT molecular complexity index is 922. The Labute approximate surface area is 132 Å². The third-order valence-electron chi connectivity index (χ3n) is 3.48. The van der Waals surface area contributed by atoms with E-state index in [1.807, 2.05) is 6.92 Å². The molecule has 0 bridgehead atoms. The smallest absolute Gasteiger partial charge is 0.336 e. The lowest BCUT2D eigenvalue weighted by molar-refractivity contribution is 0.0699. The van der Waals surface area contributed by atoms with Gasteiger partial charge in [-0.1, -0.05) is 0 Å². The van der Waals surface area contributed by atoms with E-state index in [0.29, 0.717) is 34.7 Å². The molecule has 3 heterocycles. The molecule has 0 aliphatic carbocycles. The Balaban J connectivity index is 2.07. The molecule has 118 valence electrons. The second-order valence-corrected chi connectivity index (χ2v) is 5.10. The standard InChI is InChI=1S/C15H16N6O2/c1-4-21-16-8-11(19-21)6-5-10-7-12(15(22)23)13-9(2)18-20(3)14(13)17-10/h5-8H,4H2,1-3H3,(H,22,23). The third-order valence-corrected chi connectivity index (χ3v) is 3.48. The number of aryl methyl sites for hydroxylation is 3. The molecule has 1 N–H and O–H groups in total. The van der Waals surface area contributed by atoms with Gasteiger partial charge in [-0.05, 0) is 32.1 Å². The maximum absolute atomic E-state index is 11.5. The lowest BCUT2D eigenvalue weighted by atomic mass is 10.1. The van der Waals surface area contributed by atoms with Gasteiger partial charge in [0, 0.05) is 7.05 Å². The summed E-state index contributed by atoms with van der Waals surface area (Å²) in [5.74, 6) is -1.000. The summed E-state index contributed by atoms with van der Waals surface area (Å²) >= 11 is 0. The minimum absolute atomic E-state index is 0.192. The van der Waals surface area contributed by atoms with Crippen molar-refractivity contribution in [3.05, 3.63) is 34.9 Å².